The number of ether oxygens (including phenoxy) is 1. The average Bonchev–Trinajstić information content (AvgIpc) is 2.20. The number of hydrogen-bond acceptors (Lipinski definition) is 2. The normalized spacial score (nSPS) is 11.6. The molecule has 0 unspecified atom stereocenters. The van der Waals surface area contributed by atoms with Crippen molar-refractivity contribution in [1.82, 2.24) is 0 Å². The molecule has 1 rings (SSSR count). The highest BCUT2D eigenvalue weighted by atomic mass is 19.4. The maximum absolute atomic E-state index is 13.0. The van der Waals surface area contributed by atoms with E-state index in [2.05, 4.69) is 10.1 Å². The molecule has 0 aliphatic heterocycles. The summed E-state index contributed by atoms with van der Waals surface area (Å²) in [6.07, 6.45) is -3.86. The van der Waals surface area contributed by atoms with E-state index in [0.29, 0.717) is 18.7 Å². The number of benzene rings is 1. The van der Waals surface area contributed by atoms with Crippen molar-refractivity contribution >= 4 is 5.69 Å². The predicted octanol–water partition coefficient (Wildman–Crippen LogP) is 3.52. The Balaban J connectivity index is 2.18. The highest BCUT2D eigenvalue weighted by Crippen LogP contribution is 2.15. The fraction of sp³-hybridized carbons (Fsp3) is 0.500. The molecule has 6 heteroatoms. The predicted molar refractivity (Wildman–Crippen MR) is 61.1 cm³/mol. The molecule has 2 nitrogen and oxygen atoms in total. The standard InChI is InChI=1S/C12H15F4NO/c1-9-5-10(13)7-11(6-9)17-3-2-4-18-8-12(14,15)16/h5-7,17H,2-4,8H2,1H3. The second-order valence-electron chi connectivity index (χ2n) is 3.97. The summed E-state index contributed by atoms with van der Waals surface area (Å²) in [5, 5.41) is 2.92. The van der Waals surface area contributed by atoms with Crippen molar-refractivity contribution in [2.24, 2.45) is 0 Å². The lowest BCUT2D eigenvalue weighted by Gasteiger charge is -2.09. The molecule has 0 aromatic heterocycles. The van der Waals surface area contributed by atoms with Gasteiger partial charge in [-0.25, -0.2) is 4.39 Å². The van der Waals surface area contributed by atoms with E-state index in [0.717, 1.165) is 5.56 Å². The van der Waals surface area contributed by atoms with Gasteiger partial charge in [0.1, 0.15) is 12.4 Å². The first-order valence-electron chi connectivity index (χ1n) is 5.52. The van der Waals surface area contributed by atoms with E-state index < -0.39 is 12.8 Å². The van der Waals surface area contributed by atoms with Crippen LogP contribution in [-0.4, -0.2) is 25.9 Å². The van der Waals surface area contributed by atoms with Gasteiger partial charge in [0.15, 0.2) is 0 Å². The van der Waals surface area contributed by atoms with Crippen LogP contribution < -0.4 is 5.32 Å². The molecule has 0 radical (unpaired) electrons. The molecule has 0 atom stereocenters. The van der Waals surface area contributed by atoms with E-state index in [1.165, 1.54) is 12.1 Å². The van der Waals surface area contributed by atoms with Gasteiger partial charge in [-0.05, 0) is 37.1 Å². The first-order chi connectivity index (χ1) is 8.37. The van der Waals surface area contributed by atoms with Gasteiger partial charge in [-0.15, -0.1) is 0 Å². The van der Waals surface area contributed by atoms with Crippen LogP contribution in [0.1, 0.15) is 12.0 Å². The summed E-state index contributed by atoms with van der Waals surface area (Å²) in [6.45, 7) is 0.980. The molecule has 0 fully saturated rings. The van der Waals surface area contributed by atoms with Crippen molar-refractivity contribution in [2.45, 2.75) is 19.5 Å². The third-order valence-corrected chi connectivity index (χ3v) is 2.10. The van der Waals surface area contributed by atoms with Gasteiger partial charge in [-0.3, -0.25) is 0 Å². The minimum Gasteiger partial charge on any atom is -0.385 e. The zero-order chi connectivity index (χ0) is 13.6. The van der Waals surface area contributed by atoms with E-state index in [9.17, 15) is 17.6 Å². The molecule has 0 bridgehead atoms. The van der Waals surface area contributed by atoms with Crippen LogP contribution in [0.25, 0.3) is 0 Å². The molecule has 0 saturated carbocycles. The van der Waals surface area contributed by atoms with E-state index in [-0.39, 0.29) is 12.4 Å². The lowest BCUT2D eigenvalue weighted by molar-refractivity contribution is -0.173. The number of nitrogens with one attached hydrogen (secondary N) is 1. The quantitative estimate of drug-likeness (QED) is 0.627. The minimum atomic E-state index is -4.28. The number of hydrogen-bond donors (Lipinski definition) is 1. The molecule has 0 amide bonds. The van der Waals surface area contributed by atoms with Crippen molar-refractivity contribution < 1.29 is 22.3 Å². The van der Waals surface area contributed by atoms with Crippen molar-refractivity contribution in [3.05, 3.63) is 29.6 Å². The second-order valence-corrected chi connectivity index (χ2v) is 3.97. The Bertz CT molecular complexity index is 359. The third kappa shape index (κ3) is 6.44. The smallest absolute Gasteiger partial charge is 0.385 e. The highest BCUT2D eigenvalue weighted by Gasteiger charge is 2.27. The van der Waals surface area contributed by atoms with E-state index in [4.69, 9.17) is 0 Å². The first kappa shape index (κ1) is 14.8. The fourth-order valence-corrected chi connectivity index (χ4v) is 1.43. The van der Waals surface area contributed by atoms with Crippen molar-refractivity contribution in [3.8, 4) is 0 Å². The lowest BCUT2D eigenvalue weighted by Crippen LogP contribution is -2.18. The van der Waals surface area contributed by atoms with Crippen LogP contribution in [-0.2, 0) is 4.74 Å². The number of rotatable bonds is 6. The van der Waals surface area contributed by atoms with Gasteiger partial charge in [0.2, 0.25) is 0 Å². The molecule has 1 N–H and O–H groups in total. The summed E-state index contributed by atoms with van der Waals surface area (Å²) < 4.78 is 52.7. The van der Waals surface area contributed by atoms with Crippen LogP contribution in [0.15, 0.2) is 18.2 Å². The lowest BCUT2D eigenvalue weighted by atomic mass is 10.2. The van der Waals surface area contributed by atoms with Crippen LogP contribution in [0.4, 0.5) is 23.2 Å². The molecule has 0 aliphatic carbocycles. The maximum Gasteiger partial charge on any atom is 0.411 e. The summed E-state index contributed by atoms with van der Waals surface area (Å²) >= 11 is 0. The van der Waals surface area contributed by atoms with Crippen molar-refractivity contribution in [2.75, 3.05) is 25.1 Å². The van der Waals surface area contributed by atoms with Gasteiger partial charge < -0.3 is 10.1 Å². The number of alkyl halides is 3. The summed E-state index contributed by atoms with van der Waals surface area (Å²) in [7, 11) is 0. The summed E-state index contributed by atoms with van der Waals surface area (Å²) in [5.74, 6) is -0.342. The minimum absolute atomic E-state index is 0.0147. The topological polar surface area (TPSA) is 21.3 Å². The van der Waals surface area contributed by atoms with Crippen LogP contribution in [0, 0.1) is 12.7 Å². The van der Waals surface area contributed by atoms with Crippen LogP contribution in [0.2, 0.25) is 0 Å². The number of halogens is 4. The Kier molecular flexibility index (Phi) is 5.40. The Morgan fingerprint density at radius 2 is 1.94 bits per heavy atom. The molecule has 0 spiro atoms. The zero-order valence-corrected chi connectivity index (χ0v) is 9.98. The monoisotopic (exact) mass is 265 g/mol. The summed E-state index contributed by atoms with van der Waals surface area (Å²) in [5.41, 5.74) is 1.40. The van der Waals surface area contributed by atoms with Crippen LogP contribution in [0.3, 0.4) is 0 Å². The van der Waals surface area contributed by atoms with Gasteiger partial charge >= 0.3 is 6.18 Å². The molecular formula is C12H15F4NO. The summed E-state index contributed by atoms with van der Waals surface area (Å²) in [6, 6.07) is 4.50. The molecule has 1 aromatic carbocycles. The molecule has 18 heavy (non-hydrogen) atoms. The average molecular weight is 265 g/mol. The Morgan fingerprint density at radius 3 is 2.56 bits per heavy atom. The van der Waals surface area contributed by atoms with Gasteiger partial charge in [-0.1, -0.05) is 0 Å². The Hall–Kier alpha value is -1.30. The van der Waals surface area contributed by atoms with Gasteiger partial charge in [-0.2, -0.15) is 13.2 Å². The molecular weight excluding hydrogens is 250 g/mol. The van der Waals surface area contributed by atoms with Gasteiger partial charge in [0.05, 0.1) is 0 Å². The molecule has 0 heterocycles. The molecule has 0 saturated heterocycles. The second kappa shape index (κ2) is 6.58. The molecule has 102 valence electrons. The molecule has 0 aliphatic rings. The van der Waals surface area contributed by atoms with E-state index in [1.807, 2.05) is 0 Å². The Labute approximate surface area is 103 Å². The zero-order valence-electron chi connectivity index (χ0n) is 9.98. The van der Waals surface area contributed by atoms with Gasteiger partial charge in [0.25, 0.3) is 0 Å². The van der Waals surface area contributed by atoms with Gasteiger partial charge in [0, 0.05) is 18.8 Å². The fourth-order valence-electron chi connectivity index (χ4n) is 1.43. The van der Waals surface area contributed by atoms with Crippen molar-refractivity contribution in [3.63, 3.8) is 0 Å². The van der Waals surface area contributed by atoms with Crippen LogP contribution >= 0.6 is 0 Å². The van der Waals surface area contributed by atoms with Crippen LogP contribution in [0.5, 0.6) is 0 Å². The number of anilines is 1. The van der Waals surface area contributed by atoms with Crippen molar-refractivity contribution in [1.29, 1.82) is 0 Å². The summed E-state index contributed by atoms with van der Waals surface area (Å²) in [4.78, 5) is 0. The highest BCUT2D eigenvalue weighted by molar-refractivity contribution is 5.45. The maximum atomic E-state index is 13.0. The first-order valence-corrected chi connectivity index (χ1v) is 5.52. The Morgan fingerprint density at radius 1 is 1.22 bits per heavy atom. The largest absolute Gasteiger partial charge is 0.411 e. The van der Waals surface area contributed by atoms with E-state index in [1.54, 1.807) is 13.0 Å². The van der Waals surface area contributed by atoms with E-state index >= 15 is 0 Å². The SMILES string of the molecule is Cc1cc(F)cc(NCCCOCC(F)(F)F)c1. The molecule has 1 aromatic rings. The number of aryl methyl sites for hydroxylation is 1. The third-order valence-electron chi connectivity index (χ3n) is 2.10.